The largest absolute Gasteiger partial charge is 0.497 e. The Morgan fingerprint density at radius 2 is 2.15 bits per heavy atom. The SMILES string of the molecule is CCOC(=O)c1c(C)[nH]c(-c2cccc(OC)c2)c1N. The first kappa shape index (κ1) is 14.0. The third-order valence-corrected chi connectivity index (χ3v) is 3.06. The van der Waals surface area contributed by atoms with Gasteiger partial charge in [-0.1, -0.05) is 12.1 Å². The maximum Gasteiger partial charge on any atom is 0.342 e. The van der Waals surface area contributed by atoms with E-state index in [9.17, 15) is 4.79 Å². The van der Waals surface area contributed by atoms with Crippen molar-refractivity contribution in [3.8, 4) is 17.0 Å². The molecule has 5 nitrogen and oxygen atoms in total. The summed E-state index contributed by atoms with van der Waals surface area (Å²) in [6, 6.07) is 7.48. The van der Waals surface area contributed by atoms with Crippen molar-refractivity contribution in [1.29, 1.82) is 0 Å². The molecule has 2 rings (SSSR count). The molecule has 0 unspecified atom stereocenters. The van der Waals surface area contributed by atoms with Gasteiger partial charge in [0.25, 0.3) is 0 Å². The number of anilines is 1. The number of nitrogens with one attached hydrogen (secondary N) is 1. The number of ether oxygens (including phenoxy) is 2. The third kappa shape index (κ3) is 2.47. The number of H-pyrrole nitrogens is 1. The fraction of sp³-hybridized carbons (Fsp3) is 0.267. The summed E-state index contributed by atoms with van der Waals surface area (Å²) in [7, 11) is 1.60. The number of aromatic nitrogens is 1. The molecule has 1 aromatic carbocycles. The first-order valence-corrected chi connectivity index (χ1v) is 6.38. The molecule has 1 heterocycles. The summed E-state index contributed by atoms with van der Waals surface area (Å²) in [6.07, 6.45) is 0. The molecular formula is C15H18N2O3. The molecule has 1 aromatic heterocycles. The summed E-state index contributed by atoms with van der Waals surface area (Å²) in [5.41, 5.74) is 9.13. The van der Waals surface area contributed by atoms with Crippen LogP contribution in [0.15, 0.2) is 24.3 Å². The molecule has 0 atom stereocenters. The Balaban J connectivity index is 2.48. The fourth-order valence-electron chi connectivity index (χ4n) is 2.12. The van der Waals surface area contributed by atoms with E-state index in [0.717, 1.165) is 11.3 Å². The summed E-state index contributed by atoms with van der Waals surface area (Å²) in [5, 5.41) is 0. The van der Waals surface area contributed by atoms with E-state index in [4.69, 9.17) is 15.2 Å². The predicted molar refractivity (Wildman–Crippen MR) is 77.9 cm³/mol. The van der Waals surface area contributed by atoms with E-state index in [1.165, 1.54) is 0 Å². The molecule has 0 saturated carbocycles. The van der Waals surface area contributed by atoms with E-state index in [1.807, 2.05) is 24.3 Å². The van der Waals surface area contributed by atoms with Crippen molar-refractivity contribution in [3.63, 3.8) is 0 Å². The first-order valence-electron chi connectivity index (χ1n) is 6.38. The molecule has 0 saturated heterocycles. The van der Waals surface area contributed by atoms with Crippen molar-refractivity contribution < 1.29 is 14.3 Å². The number of carbonyl (C=O) groups excluding carboxylic acids is 1. The van der Waals surface area contributed by atoms with Gasteiger partial charge in [-0.3, -0.25) is 0 Å². The second kappa shape index (κ2) is 5.69. The van der Waals surface area contributed by atoms with Crippen LogP contribution in [0.2, 0.25) is 0 Å². The smallest absolute Gasteiger partial charge is 0.342 e. The van der Waals surface area contributed by atoms with Gasteiger partial charge in [0.1, 0.15) is 11.3 Å². The lowest BCUT2D eigenvalue weighted by atomic mass is 10.1. The number of aromatic amines is 1. The number of hydrogen-bond donors (Lipinski definition) is 2. The van der Waals surface area contributed by atoms with Gasteiger partial charge in [0.15, 0.2) is 0 Å². The van der Waals surface area contributed by atoms with Gasteiger partial charge >= 0.3 is 5.97 Å². The lowest BCUT2D eigenvalue weighted by Crippen LogP contribution is -2.07. The molecule has 3 N–H and O–H groups in total. The number of carbonyl (C=O) groups is 1. The van der Waals surface area contributed by atoms with Crippen LogP contribution in [0.3, 0.4) is 0 Å². The zero-order valence-electron chi connectivity index (χ0n) is 11.8. The summed E-state index contributed by atoms with van der Waals surface area (Å²) in [5.74, 6) is 0.319. The number of rotatable bonds is 4. The van der Waals surface area contributed by atoms with E-state index >= 15 is 0 Å². The van der Waals surface area contributed by atoms with Crippen LogP contribution in [0.1, 0.15) is 23.0 Å². The first-order chi connectivity index (χ1) is 9.58. The molecule has 0 bridgehead atoms. The average molecular weight is 274 g/mol. The van der Waals surface area contributed by atoms with Gasteiger partial charge in [-0.05, 0) is 26.0 Å². The van der Waals surface area contributed by atoms with Crippen molar-refractivity contribution in [2.24, 2.45) is 0 Å². The number of esters is 1. The third-order valence-electron chi connectivity index (χ3n) is 3.06. The van der Waals surface area contributed by atoms with Crippen LogP contribution in [0.5, 0.6) is 5.75 Å². The highest BCUT2D eigenvalue weighted by atomic mass is 16.5. The molecular weight excluding hydrogens is 256 g/mol. The maximum atomic E-state index is 11.9. The minimum absolute atomic E-state index is 0.317. The van der Waals surface area contributed by atoms with Gasteiger partial charge in [0.2, 0.25) is 0 Å². The van der Waals surface area contributed by atoms with E-state index < -0.39 is 5.97 Å². The minimum atomic E-state index is -0.409. The quantitative estimate of drug-likeness (QED) is 0.840. The van der Waals surface area contributed by atoms with Gasteiger partial charge in [0, 0.05) is 11.3 Å². The maximum absolute atomic E-state index is 11.9. The van der Waals surface area contributed by atoms with E-state index in [2.05, 4.69) is 4.98 Å². The Bertz CT molecular complexity index is 632. The van der Waals surface area contributed by atoms with Gasteiger partial charge < -0.3 is 20.2 Å². The van der Waals surface area contributed by atoms with E-state index in [-0.39, 0.29) is 0 Å². The second-order valence-electron chi connectivity index (χ2n) is 4.37. The van der Waals surface area contributed by atoms with Crippen LogP contribution in [0, 0.1) is 6.92 Å². The fourth-order valence-corrected chi connectivity index (χ4v) is 2.12. The van der Waals surface area contributed by atoms with Crippen LogP contribution in [0.25, 0.3) is 11.3 Å². The molecule has 20 heavy (non-hydrogen) atoms. The highest BCUT2D eigenvalue weighted by Crippen LogP contribution is 2.32. The molecule has 0 aliphatic heterocycles. The number of nitrogen functional groups attached to an aromatic ring is 1. The van der Waals surface area contributed by atoms with Crippen LogP contribution >= 0.6 is 0 Å². The zero-order chi connectivity index (χ0) is 14.7. The predicted octanol–water partition coefficient (Wildman–Crippen LogP) is 2.76. The highest BCUT2D eigenvalue weighted by Gasteiger charge is 2.21. The summed E-state index contributed by atoms with van der Waals surface area (Å²) in [4.78, 5) is 15.0. The van der Waals surface area contributed by atoms with Crippen molar-refractivity contribution in [1.82, 2.24) is 4.98 Å². The number of aryl methyl sites for hydroxylation is 1. The topological polar surface area (TPSA) is 77.3 Å². The lowest BCUT2D eigenvalue weighted by molar-refractivity contribution is 0.0527. The molecule has 2 aromatic rings. The standard InChI is InChI=1S/C15H18N2O3/c1-4-20-15(18)12-9(2)17-14(13(12)16)10-6-5-7-11(8-10)19-3/h5-8,17H,4,16H2,1-3H3. The number of hydrogen-bond acceptors (Lipinski definition) is 4. The normalized spacial score (nSPS) is 10.3. The van der Waals surface area contributed by atoms with Crippen LogP contribution < -0.4 is 10.5 Å². The second-order valence-corrected chi connectivity index (χ2v) is 4.37. The van der Waals surface area contributed by atoms with Crippen LogP contribution in [-0.2, 0) is 4.74 Å². The van der Waals surface area contributed by atoms with Gasteiger partial charge in [-0.15, -0.1) is 0 Å². The van der Waals surface area contributed by atoms with Crippen molar-refractivity contribution >= 4 is 11.7 Å². The van der Waals surface area contributed by atoms with Gasteiger partial charge in [0.05, 0.1) is 25.1 Å². The zero-order valence-corrected chi connectivity index (χ0v) is 11.8. The average Bonchev–Trinajstić information content (AvgIpc) is 2.74. The molecule has 0 radical (unpaired) electrons. The Labute approximate surface area is 117 Å². The lowest BCUT2D eigenvalue weighted by Gasteiger charge is -2.05. The highest BCUT2D eigenvalue weighted by molar-refractivity contribution is 6.00. The molecule has 0 aliphatic carbocycles. The number of methoxy groups -OCH3 is 1. The van der Waals surface area contributed by atoms with E-state index in [1.54, 1.807) is 21.0 Å². The van der Waals surface area contributed by atoms with Crippen molar-refractivity contribution in [3.05, 3.63) is 35.5 Å². The Hall–Kier alpha value is -2.43. The molecule has 5 heteroatoms. The Morgan fingerprint density at radius 1 is 1.40 bits per heavy atom. The van der Waals surface area contributed by atoms with Crippen LogP contribution in [-0.4, -0.2) is 24.7 Å². The Kier molecular flexibility index (Phi) is 3.98. The van der Waals surface area contributed by atoms with Gasteiger partial charge in [-0.25, -0.2) is 4.79 Å². The molecule has 106 valence electrons. The van der Waals surface area contributed by atoms with Crippen molar-refractivity contribution in [2.75, 3.05) is 19.5 Å². The van der Waals surface area contributed by atoms with Crippen molar-refractivity contribution in [2.45, 2.75) is 13.8 Å². The monoisotopic (exact) mass is 274 g/mol. The molecule has 0 fully saturated rings. The number of nitrogens with two attached hydrogens (primary N) is 1. The molecule has 0 spiro atoms. The minimum Gasteiger partial charge on any atom is -0.497 e. The molecule has 0 aliphatic rings. The van der Waals surface area contributed by atoms with Crippen LogP contribution in [0.4, 0.5) is 5.69 Å². The van der Waals surface area contributed by atoms with Gasteiger partial charge in [-0.2, -0.15) is 0 Å². The summed E-state index contributed by atoms with van der Waals surface area (Å²) >= 11 is 0. The van der Waals surface area contributed by atoms with E-state index in [0.29, 0.717) is 29.2 Å². The Morgan fingerprint density at radius 3 is 2.80 bits per heavy atom. The molecule has 0 amide bonds. The summed E-state index contributed by atoms with van der Waals surface area (Å²) in [6.45, 7) is 3.88. The summed E-state index contributed by atoms with van der Waals surface area (Å²) < 4.78 is 10.2. The number of benzene rings is 1.